The first-order valence-electron chi connectivity index (χ1n) is 18.7. The van der Waals surface area contributed by atoms with Crippen LogP contribution < -0.4 is 14.5 Å². The van der Waals surface area contributed by atoms with Crippen molar-refractivity contribution < 1.29 is 11.6 Å². The van der Waals surface area contributed by atoms with E-state index in [0.717, 1.165) is 84.4 Å². The maximum atomic E-state index is 8.53. The molecule has 0 saturated carbocycles. The van der Waals surface area contributed by atoms with Crippen molar-refractivity contribution in [2.75, 3.05) is 22.9 Å². The summed E-state index contributed by atoms with van der Waals surface area (Å²) < 4.78 is 48.2. The van der Waals surface area contributed by atoms with E-state index in [0.29, 0.717) is 5.56 Å². The number of benzene rings is 3. The number of aryl methyl sites for hydroxylation is 2. The molecule has 2 aliphatic rings. The monoisotopic (exact) mass is 613 g/mol. The van der Waals surface area contributed by atoms with Crippen LogP contribution in [-0.2, 0) is 18.3 Å². The van der Waals surface area contributed by atoms with Gasteiger partial charge in [0, 0.05) is 54.6 Å². The Morgan fingerprint density at radius 2 is 1.54 bits per heavy atom. The summed E-state index contributed by atoms with van der Waals surface area (Å²) >= 11 is 0. The van der Waals surface area contributed by atoms with E-state index < -0.39 is 6.04 Å². The molecule has 0 amide bonds. The zero-order valence-electron chi connectivity index (χ0n) is 32.6. The van der Waals surface area contributed by atoms with Gasteiger partial charge in [0.25, 0.3) is 0 Å². The fraction of sp³-hybridized carbons (Fsp3) is 0.317. The third-order valence-corrected chi connectivity index (χ3v) is 9.34. The molecule has 0 aliphatic carbocycles. The minimum atomic E-state index is -0.402. The minimum Gasteiger partial charge on any atom is -0.457 e. The number of ether oxygens (including phenoxy) is 1. The highest BCUT2D eigenvalue weighted by molar-refractivity contribution is 5.75. The molecule has 2 aromatic heterocycles. The highest BCUT2D eigenvalue weighted by Crippen LogP contribution is 2.44. The summed E-state index contributed by atoms with van der Waals surface area (Å²) in [5.41, 5.74) is 9.55. The van der Waals surface area contributed by atoms with Gasteiger partial charge in [-0.15, -0.1) is 0 Å². The highest BCUT2D eigenvalue weighted by atomic mass is 16.5. The second kappa shape index (κ2) is 11.9. The van der Waals surface area contributed by atoms with Crippen molar-refractivity contribution in [2.24, 2.45) is 0 Å². The number of nitrogens with zero attached hydrogens (tertiary/aromatic N) is 4. The van der Waals surface area contributed by atoms with Crippen LogP contribution in [0.25, 0.3) is 11.1 Å². The Kier molecular flexibility index (Phi) is 6.38. The van der Waals surface area contributed by atoms with Crippen molar-refractivity contribution in [3.63, 3.8) is 0 Å². The van der Waals surface area contributed by atoms with Gasteiger partial charge in [0.2, 0.25) is 0 Å². The topological polar surface area (TPSA) is 41.5 Å². The molecule has 0 radical (unpaired) electrons. The Hall–Kier alpha value is -4.64. The van der Waals surface area contributed by atoms with Crippen LogP contribution in [0.5, 0.6) is 11.5 Å². The van der Waals surface area contributed by atoms with Crippen LogP contribution in [0.4, 0.5) is 23.0 Å². The molecule has 0 unspecified atom stereocenters. The van der Waals surface area contributed by atoms with Gasteiger partial charge in [-0.2, -0.15) is 0 Å². The molecule has 5 heteroatoms. The van der Waals surface area contributed by atoms with Gasteiger partial charge >= 0.3 is 0 Å². The molecule has 5 aromatic rings. The van der Waals surface area contributed by atoms with E-state index in [9.17, 15) is 0 Å². The lowest BCUT2D eigenvalue weighted by atomic mass is 9.80. The standard InChI is InChI=1S/C41H44N4O/c1-27-18-19-42-39(22-27)44-20-11-15-34-36(41(4,5)6)23-33(25-38(34)44)46-32-17-16-31-14-10-21-45(37(31)24-32)40-29(3)28(2)35(26-43-40)30-12-8-7-9-13-30/h7-9,12-13,16-19,22-26H,10-11,14-15,20-21H2,1-6H3/i7D,8D,9D,12D,13D. The Labute approximate surface area is 280 Å². The molecule has 7 rings (SSSR count). The first-order chi connectivity index (χ1) is 24.2. The van der Waals surface area contributed by atoms with Crippen molar-refractivity contribution in [3.8, 4) is 22.6 Å². The average Bonchev–Trinajstić information content (AvgIpc) is 3.10. The van der Waals surface area contributed by atoms with Crippen LogP contribution in [0.1, 0.15) is 73.8 Å². The SMILES string of the molecule is [2H]c1c([2H])c([2H])c(-c2cnc(N3CCCc4ccc(Oc5cc6c(c(C(C)(C)C)c5)CCCN6c5cc(C)ccn5)cc43)c(C)c2C)c([2H])c1[2H]. The highest BCUT2D eigenvalue weighted by Gasteiger charge is 2.29. The third-order valence-electron chi connectivity index (χ3n) is 9.34. The quantitative estimate of drug-likeness (QED) is 0.197. The van der Waals surface area contributed by atoms with Crippen molar-refractivity contribution in [1.82, 2.24) is 9.97 Å². The molecule has 0 bridgehead atoms. The second-order valence-corrected chi connectivity index (χ2v) is 13.6. The van der Waals surface area contributed by atoms with E-state index >= 15 is 0 Å². The van der Waals surface area contributed by atoms with E-state index in [-0.39, 0.29) is 35.1 Å². The summed E-state index contributed by atoms with van der Waals surface area (Å²) in [4.78, 5) is 14.2. The molecule has 0 saturated heterocycles. The zero-order valence-corrected chi connectivity index (χ0v) is 27.6. The number of anilines is 4. The number of aromatic nitrogens is 2. The normalized spacial score (nSPS) is 16.1. The number of rotatable bonds is 5. The molecule has 46 heavy (non-hydrogen) atoms. The van der Waals surface area contributed by atoms with Crippen LogP contribution in [0.15, 0.2) is 85.1 Å². The summed E-state index contributed by atoms with van der Waals surface area (Å²) in [6, 6.07) is 13.3. The predicted octanol–water partition coefficient (Wildman–Crippen LogP) is 10.3. The molecule has 234 valence electrons. The fourth-order valence-electron chi connectivity index (χ4n) is 6.87. The summed E-state index contributed by atoms with van der Waals surface area (Å²) in [7, 11) is 0. The Balaban J connectivity index is 1.27. The van der Waals surface area contributed by atoms with Gasteiger partial charge in [0.05, 0.1) is 6.85 Å². The molecule has 5 nitrogen and oxygen atoms in total. The van der Waals surface area contributed by atoms with Gasteiger partial charge in [-0.3, -0.25) is 0 Å². The van der Waals surface area contributed by atoms with E-state index in [2.05, 4.69) is 67.8 Å². The first-order valence-corrected chi connectivity index (χ1v) is 16.2. The summed E-state index contributed by atoms with van der Waals surface area (Å²) in [5, 5.41) is 0. The van der Waals surface area contributed by atoms with Crippen LogP contribution in [0.2, 0.25) is 0 Å². The predicted molar refractivity (Wildman–Crippen MR) is 190 cm³/mol. The molecule has 4 heterocycles. The zero-order chi connectivity index (χ0) is 36.4. The van der Waals surface area contributed by atoms with Gasteiger partial charge in [0.1, 0.15) is 23.1 Å². The molecule has 0 atom stereocenters. The largest absolute Gasteiger partial charge is 0.457 e. The van der Waals surface area contributed by atoms with E-state index in [4.69, 9.17) is 21.6 Å². The van der Waals surface area contributed by atoms with Crippen LogP contribution in [-0.4, -0.2) is 23.1 Å². The smallest absolute Gasteiger partial charge is 0.136 e. The lowest BCUT2D eigenvalue weighted by molar-refractivity contribution is 0.476. The number of hydrogen-bond acceptors (Lipinski definition) is 5. The first kappa shape index (κ1) is 24.6. The van der Waals surface area contributed by atoms with Crippen LogP contribution in [0.3, 0.4) is 0 Å². The molecule has 2 aliphatic heterocycles. The summed E-state index contributed by atoms with van der Waals surface area (Å²) in [6.07, 6.45) is 7.50. The average molecular weight is 614 g/mol. The molecular weight excluding hydrogens is 564 g/mol. The van der Waals surface area contributed by atoms with Gasteiger partial charge in [-0.1, -0.05) is 57.0 Å². The number of fused-ring (bicyclic) bond motifs is 2. The Morgan fingerprint density at radius 3 is 2.33 bits per heavy atom. The van der Waals surface area contributed by atoms with Crippen LogP contribution >= 0.6 is 0 Å². The molecule has 3 aromatic carbocycles. The van der Waals surface area contributed by atoms with Gasteiger partial charge < -0.3 is 14.5 Å². The van der Waals surface area contributed by atoms with E-state index in [1.54, 1.807) is 6.20 Å². The van der Waals surface area contributed by atoms with E-state index in [1.165, 1.54) is 22.3 Å². The van der Waals surface area contributed by atoms with Crippen molar-refractivity contribution in [2.45, 2.75) is 72.6 Å². The summed E-state index contributed by atoms with van der Waals surface area (Å²) in [6.45, 7) is 14.5. The van der Waals surface area contributed by atoms with E-state index in [1.807, 2.05) is 32.2 Å². The lowest BCUT2D eigenvalue weighted by Crippen LogP contribution is -2.28. The van der Waals surface area contributed by atoms with Crippen molar-refractivity contribution in [1.29, 1.82) is 0 Å². The maximum absolute atomic E-state index is 8.53. The molecule has 0 fully saturated rings. The lowest BCUT2D eigenvalue weighted by Gasteiger charge is -2.35. The molecular formula is C41H44N4O. The fourth-order valence-corrected chi connectivity index (χ4v) is 6.87. The molecule has 0 spiro atoms. The third kappa shape index (κ3) is 5.64. The summed E-state index contributed by atoms with van der Waals surface area (Å²) in [5.74, 6) is 3.26. The van der Waals surface area contributed by atoms with Crippen molar-refractivity contribution >= 4 is 23.0 Å². The van der Waals surface area contributed by atoms with Gasteiger partial charge in [-0.05, 0) is 115 Å². The number of pyridine rings is 2. The molecule has 0 N–H and O–H groups in total. The maximum Gasteiger partial charge on any atom is 0.136 e. The van der Waals surface area contributed by atoms with Gasteiger partial charge in [0.15, 0.2) is 0 Å². The Bertz CT molecular complexity index is 2170. The number of hydrogen-bond donors (Lipinski definition) is 0. The van der Waals surface area contributed by atoms with Crippen molar-refractivity contribution in [3.05, 3.63) is 118 Å². The minimum absolute atomic E-state index is 0.0818. The van der Waals surface area contributed by atoms with Crippen LogP contribution in [0, 0.1) is 20.8 Å². The Morgan fingerprint density at radius 1 is 0.783 bits per heavy atom. The van der Waals surface area contributed by atoms with Gasteiger partial charge in [-0.25, -0.2) is 9.97 Å². The second-order valence-electron chi connectivity index (χ2n) is 13.6.